The number of aromatic nitrogens is 2. The third kappa shape index (κ3) is 4.98. The summed E-state index contributed by atoms with van der Waals surface area (Å²) in [6, 6.07) is 6.84. The van der Waals surface area contributed by atoms with Crippen LogP contribution in [-0.2, 0) is 11.3 Å². The summed E-state index contributed by atoms with van der Waals surface area (Å²) in [6.45, 7) is 9.95. The lowest BCUT2D eigenvalue weighted by Crippen LogP contribution is -2.44. The molecule has 2 aliphatic rings. The summed E-state index contributed by atoms with van der Waals surface area (Å²) in [6.07, 6.45) is 7.02. The van der Waals surface area contributed by atoms with Crippen LogP contribution in [0, 0.1) is 0 Å². The average molecular weight is 466 g/mol. The summed E-state index contributed by atoms with van der Waals surface area (Å²) in [5, 5.41) is 4.12. The molecule has 1 fully saturated rings. The first kappa shape index (κ1) is 22.1. The van der Waals surface area contributed by atoms with E-state index in [2.05, 4.69) is 45.7 Å². The molecule has 0 saturated carbocycles. The van der Waals surface area contributed by atoms with Crippen molar-refractivity contribution in [3.63, 3.8) is 0 Å². The van der Waals surface area contributed by atoms with Gasteiger partial charge in [0.05, 0.1) is 13.2 Å². The van der Waals surface area contributed by atoms with Crippen LogP contribution in [0.1, 0.15) is 30.7 Å². The Morgan fingerprint density at radius 3 is 2.88 bits per heavy atom. The minimum Gasteiger partial charge on any atom is -0.379 e. The molecule has 2 aliphatic heterocycles. The van der Waals surface area contributed by atoms with Crippen molar-refractivity contribution in [2.24, 2.45) is 0 Å². The molecule has 2 N–H and O–H groups in total. The van der Waals surface area contributed by atoms with Crippen molar-refractivity contribution in [2.45, 2.75) is 32.9 Å². The van der Waals surface area contributed by atoms with Gasteiger partial charge in [-0.05, 0) is 44.0 Å². The largest absolute Gasteiger partial charge is 0.379 e. The third-order valence-electron chi connectivity index (χ3n) is 6.21. The zero-order valence-corrected chi connectivity index (χ0v) is 20.1. The molecule has 0 atom stereocenters. The number of rotatable bonds is 5. The molecule has 5 heterocycles. The Kier molecular flexibility index (Phi) is 6.48. The summed E-state index contributed by atoms with van der Waals surface area (Å²) in [7, 11) is 0. The highest BCUT2D eigenvalue weighted by atomic mass is 32.1. The highest BCUT2D eigenvalue weighted by molar-refractivity contribution is 7.15. The van der Waals surface area contributed by atoms with E-state index in [9.17, 15) is 4.79 Å². The maximum atomic E-state index is 12.3. The van der Waals surface area contributed by atoms with E-state index in [1.807, 2.05) is 36.3 Å². The van der Waals surface area contributed by atoms with Gasteiger partial charge < -0.3 is 19.9 Å². The van der Waals surface area contributed by atoms with E-state index in [4.69, 9.17) is 9.72 Å². The van der Waals surface area contributed by atoms with Gasteiger partial charge in [-0.15, -0.1) is 11.3 Å². The predicted molar refractivity (Wildman–Crippen MR) is 133 cm³/mol. The fraction of sp³-hybridized carbons (Fsp3) is 0.440. The number of ether oxygens (including phenoxy) is 1. The lowest BCUT2D eigenvalue weighted by molar-refractivity contribution is 0.0346. The first-order valence-corrected chi connectivity index (χ1v) is 12.5. The SMILES string of the molecule is CC(C)NC(=O)N1CC=C(c2c[nH]c3ncc(-c4ccc(CN5CCOCC5)s4)cc23)CC1. The molecular formula is C25H31N5O2S. The average Bonchev–Trinajstić information content (AvgIpc) is 3.46. The number of pyridine rings is 1. The second kappa shape index (κ2) is 9.67. The van der Waals surface area contributed by atoms with Gasteiger partial charge in [-0.25, -0.2) is 9.78 Å². The van der Waals surface area contributed by atoms with E-state index in [0.29, 0.717) is 6.54 Å². The van der Waals surface area contributed by atoms with Crippen LogP contribution in [0.3, 0.4) is 0 Å². The standard InChI is InChI=1S/C25H31N5O2S/c1-17(2)28-25(31)30-7-5-18(6-8-30)22-15-27-24-21(22)13-19(14-26-24)23-4-3-20(33-23)16-29-9-11-32-12-10-29/h3-5,13-15,17H,6-12,16H2,1-2H3,(H,26,27)(H,28,31). The van der Waals surface area contributed by atoms with Crippen LogP contribution in [-0.4, -0.2) is 71.2 Å². The molecule has 174 valence electrons. The van der Waals surface area contributed by atoms with Gasteiger partial charge in [-0.3, -0.25) is 4.90 Å². The maximum Gasteiger partial charge on any atom is 0.317 e. The van der Waals surface area contributed by atoms with Crippen molar-refractivity contribution in [1.29, 1.82) is 0 Å². The summed E-state index contributed by atoms with van der Waals surface area (Å²) in [5.41, 5.74) is 4.51. The van der Waals surface area contributed by atoms with E-state index in [0.717, 1.165) is 62.4 Å². The minimum absolute atomic E-state index is 0.00811. The molecule has 0 bridgehead atoms. The smallest absolute Gasteiger partial charge is 0.317 e. The number of nitrogens with zero attached hydrogens (tertiary/aromatic N) is 3. The van der Waals surface area contributed by atoms with Gasteiger partial charge in [0.1, 0.15) is 5.65 Å². The Balaban J connectivity index is 1.33. The van der Waals surface area contributed by atoms with Crippen LogP contribution in [0.5, 0.6) is 0 Å². The molecule has 3 aromatic rings. The van der Waals surface area contributed by atoms with Crippen LogP contribution in [0.25, 0.3) is 27.0 Å². The number of H-pyrrole nitrogens is 1. The van der Waals surface area contributed by atoms with Gasteiger partial charge in [-0.1, -0.05) is 6.08 Å². The van der Waals surface area contributed by atoms with E-state index in [1.165, 1.54) is 20.9 Å². The van der Waals surface area contributed by atoms with Gasteiger partial charge in [0.25, 0.3) is 0 Å². The van der Waals surface area contributed by atoms with Gasteiger partial charge in [0, 0.05) is 77.4 Å². The number of morpholine rings is 1. The Labute approximate surface area is 198 Å². The van der Waals surface area contributed by atoms with Crippen molar-refractivity contribution >= 4 is 34.0 Å². The van der Waals surface area contributed by atoms with Gasteiger partial charge >= 0.3 is 6.03 Å². The molecule has 33 heavy (non-hydrogen) atoms. The number of hydrogen-bond donors (Lipinski definition) is 2. The summed E-state index contributed by atoms with van der Waals surface area (Å²) < 4.78 is 5.46. The Bertz CT molecular complexity index is 1160. The second-order valence-electron chi connectivity index (χ2n) is 9.01. The number of carbonyl (C=O) groups is 1. The lowest BCUT2D eigenvalue weighted by Gasteiger charge is -2.27. The highest BCUT2D eigenvalue weighted by Gasteiger charge is 2.20. The number of amides is 2. The predicted octanol–water partition coefficient (Wildman–Crippen LogP) is 4.33. The molecule has 0 unspecified atom stereocenters. The number of thiophene rings is 1. The fourth-order valence-corrected chi connectivity index (χ4v) is 5.47. The molecule has 0 spiro atoms. The summed E-state index contributed by atoms with van der Waals surface area (Å²) in [5.74, 6) is 0. The van der Waals surface area contributed by atoms with Crippen molar-refractivity contribution in [3.05, 3.63) is 47.1 Å². The number of urea groups is 1. The Morgan fingerprint density at radius 2 is 2.12 bits per heavy atom. The maximum absolute atomic E-state index is 12.3. The van der Waals surface area contributed by atoms with Crippen LogP contribution in [0.15, 0.2) is 36.7 Å². The zero-order chi connectivity index (χ0) is 22.8. The van der Waals surface area contributed by atoms with Gasteiger partial charge in [-0.2, -0.15) is 0 Å². The molecular weight excluding hydrogens is 434 g/mol. The molecule has 0 radical (unpaired) electrons. The first-order valence-electron chi connectivity index (χ1n) is 11.7. The van der Waals surface area contributed by atoms with E-state index in [1.54, 1.807) is 0 Å². The van der Waals surface area contributed by atoms with Crippen molar-refractivity contribution in [1.82, 2.24) is 25.1 Å². The molecule has 0 aromatic carbocycles. The highest BCUT2D eigenvalue weighted by Crippen LogP contribution is 2.34. The summed E-state index contributed by atoms with van der Waals surface area (Å²) >= 11 is 1.84. The number of fused-ring (bicyclic) bond motifs is 1. The number of hydrogen-bond acceptors (Lipinski definition) is 5. The zero-order valence-electron chi connectivity index (χ0n) is 19.3. The molecule has 1 saturated heterocycles. The quantitative estimate of drug-likeness (QED) is 0.588. The fourth-order valence-electron chi connectivity index (χ4n) is 4.44. The molecule has 0 aliphatic carbocycles. The van der Waals surface area contributed by atoms with Gasteiger partial charge in [0.15, 0.2) is 0 Å². The normalized spacial score (nSPS) is 17.5. The van der Waals surface area contributed by atoms with Crippen LogP contribution in [0.2, 0.25) is 0 Å². The lowest BCUT2D eigenvalue weighted by atomic mass is 9.99. The monoisotopic (exact) mass is 465 g/mol. The van der Waals surface area contributed by atoms with Crippen LogP contribution >= 0.6 is 11.3 Å². The number of carbonyl (C=O) groups excluding carboxylic acids is 1. The van der Waals surface area contributed by atoms with Crippen LogP contribution in [0.4, 0.5) is 4.79 Å². The molecule has 2 amide bonds. The van der Waals surface area contributed by atoms with Gasteiger partial charge in [0.2, 0.25) is 0 Å². The molecule has 7 nitrogen and oxygen atoms in total. The molecule has 3 aromatic heterocycles. The number of aromatic amines is 1. The van der Waals surface area contributed by atoms with Crippen LogP contribution < -0.4 is 5.32 Å². The number of nitrogens with one attached hydrogen (secondary N) is 2. The second-order valence-corrected chi connectivity index (χ2v) is 10.2. The first-order chi connectivity index (χ1) is 16.1. The molecule has 5 rings (SSSR count). The third-order valence-corrected chi connectivity index (χ3v) is 7.33. The van der Waals surface area contributed by atoms with Crippen molar-refractivity contribution in [3.8, 4) is 10.4 Å². The van der Waals surface area contributed by atoms with E-state index >= 15 is 0 Å². The van der Waals surface area contributed by atoms with E-state index < -0.39 is 0 Å². The van der Waals surface area contributed by atoms with Crippen molar-refractivity contribution in [2.75, 3.05) is 39.4 Å². The minimum atomic E-state index is 0.00811. The summed E-state index contributed by atoms with van der Waals surface area (Å²) in [4.78, 5) is 27.3. The Hall–Kier alpha value is -2.68. The topological polar surface area (TPSA) is 73.5 Å². The molecule has 8 heteroatoms. The van der Waals surface area contributed by atoms with E-state index in [-0.39, 0.29) is 12.1 Å². The van der Waals surface area contributed by atoms with Crippen molar-refractivity contribution < 1.29 is 9.53 Å². The Morgan fingerprint density at radius 1 is 1.27 bits per heavy atom.